The van der Waals surface area contributed by atoms with Crippen molar-refractivity contribution < 1.29 is 14.6 Å². The van der Waals surface area contributed by atoms with E-state index < -0.39 is 5.60 Å². The smallest absolute Gasteiger partial charge is 0.410 e. The number of piperazine rings is 1. The van der Waals surface area contributed by atoms with Gasteiger partial charge in [0.2, 0.25) is 0 Å². The summed E-state index contributed by atoms with van der Waals surface area (Å²) in [7, 11) is 0. The molecule has 0 aliphatic carbocycles. The monoisotopic (exact) mass is 392 g/mol. The Labute approximate surface area is 172 Å². The molecule has 1 N–H and O–H groups in total. The summed E-state index contributed by atoms with van der Waals surface area (Å²) in [5, 5.41) is 10.2. The SMILES string of the molecule is CC#CC1CN(C(=O)OCc2ccccc2)CCN1c1ccc(C(C)(C)O)cc1. The lowest BCUT2D eigenvalue weighted by atomic mass is 9.98. The molecule has 0 saturated carbocycles. The summed E-state index contributed by atoms with van der Waals surface area (Å²) >= 11 is 0. The van der Waals surface area contributed by atoms with E-state index in [0.717, 1.165) is 16.8 Å². The van der Waals surface area contributed by atoms with E-state index in [4.69, 9.17) is 4.74 Å². The molecule has 5 heteroatoms. The Morgan fingerprint density at radius 1 is 1.14 bits per heavy atom. The molecule has 3 rings (SSSR count). The van der Waals surface area contributed by atoms with Gasteiger partial charge in [0.1, 0.15) is 12.6 Å². The van der Waals surface area contributed by atoms with E-state index in [0.29, 0.717) is 19.6 Å². The number of carbonyl (C=O) groups is 1. The van der Waals surface area contributed by atoms with Crippen molar-refractivity contribution in [2.24, 2.45) is 0 Å². The van der Waals surface area contributed by atoms with Gasteiger partial charge in [-0.1, -0.05) is 48.4 Å². The maximum absolute atomic E-state index is 12.5. The number of hydrogen-bond donors (Lipinski definition) is 1. The molecule has 1 aliphatic heterocycles. The number of benzene rings is 2. The Morgan fingerprint density at radius 2 is 1.83 bits per heavy atom. The number of aliphatic hydroxyl groups is 1. The third-order valence-corrected chi connectivity index (χ3v) is 5.06. The zero-order valence-electron chi connectivity index (χ0n) is 17.3. The van der Waals surface area contributed by atoms with Crippen molar-refractivity contribution in [2.45, 2.75) is 39.0 Å². The molecule has 2 aromatic carbocycles. The number of anilines is 1. The highest BCUT2D eigenvalue weighted by molar-refractivity contribution is 5.68. The van der Waals surface area contributed by atoms with Crippen LogP contribution in [0.25, 0.3) is 0 Å². The highest BCUT2D eigenvalue weighted by Gasteiger charge is 2.29. The Balaban J connectivity index is 1.66. The second-order valence-corrected chi connectivity index (χ2v) is 7.70. The fourth-order valence-electron chi connectivity index (χ4n) is 3.42. The van der Waals surface area contributed by atoms with Crippen LogP contribution in [-0.4, -0.2) is 41.8 Å². The number of amides is 1. The predicted octanol–water partition coefficient (Wildman–Crippen LogP) is 3.76. The first-order valence-corrected chi connectivity index (χ1v) is 9.86. The van der Waals surface area contributed by atoms with E-state index in [1.165, 1.54) is 0 Å². The molecule has 0 spiro atoms. The van der Waals surface area contributed by atoms with E-state index in [1.807, 2.05) is 61.5 Å². The van der Waals surface area contributed by atoms with Gasteiger partial charge in [0.25, 0.3) is 0 Å². The molecule has 1 heterocycles. The van der Waals surface area contributed by atoms with Crippen LogP contribution in [0, 0.1) is 11.8 Å². The Hall–Kier alpha value is -2.97. The summed E-state index contributed by atoms with van der Waals surface area (Å²) in [5.74, 6) is 6.19. The zero-order chi connectivity index (χ0) is 20.9. The number of rotatable bonds is 4. The van der Waals surface area contributed by atoms with Crippen LogP contribution in [-0.2, 0) is 16.9 Å². The maximum Gasteiger partial charge on any atom is 0.410 e. The Bertz CT molecular complexity index is 876. The zero-order valence-corrected chi connectivity index (χ0v) is 17.3. The number of carbonyl (C=O) groups excluding carboxylic acids is 1. The van der Waals surface area contributed by atoms with E-state index in [2.05, 4.69) is 16.7 Å². The Morgan fingerprint density at radius 3 is 2.45 bits per heavy atom. The molecule has 1 fully saturated rings. The molecule has 1 saturated heterocycles. The lowest BCUT2D eigenvalue weighted by molar-refractivity contribution is 0.0785. The van der Waals surface area contributed by atoms with Crippen molar-refractivity contribution in [1.29, 1.82) is 0 Å². The van der Waals surface area contributed by atoms with E-state index in [1.54, 1.807) is 18.7 Å². The highest BCUT2D eigenvalue weighted by atomic mass is 16.6. The molecule has 29 heavy (non-hydrogen) atoms. The summed E-state index contributed by atoms with van der Waals surface area (Å²) in [6.45, 7) is 7.34. The molecule has 5 nitrogen and oxygen atoms in total. The second kappa shape index (κ2) is 9.02. The molecular formula is C24H28N2O3. The van der Waals surface area contributed by atoms with Crippen molar-refractivity contribution in [3.05, 3.63) is 65.7 Å². The summed E-state index contributed by atoms with van der Waals surface area (Å²) in [5.41, 5.74) is 1.99. The fraction of sp³-hybridized carbons (Fsp3) is 0.375. The van der Waals surface area contributed by atoms with Gasteiger partial charge in [0, 0.05) is 18.8 Å². The van der Waals surface area contributed by atoms with E-state index in [9.17, 15) is 9.90 Å². The van der Waals surface area contributed by atoms with Crippen LogP contribution in [0.4, 0.5) is 10.5 Å². The molecule has 1 amide bonds. The van der Waals surface area contributed by atoms with Crippen LogP contribution < -0.4 is 4.90 Å². The second-order valence-electron chi connectivity index (χ2n) is 7.70. The van der Waals surface area contributed by atoms with Gasteiger partial charge < -0.3 is 19.6 Å². The number of nitrogens with zero attached hydrogens (tertiary/aromatic N) is 2. The van der Waals surface area contributed by atoms with Crippen LogP contribution >= 0.6 is 0 Å². The van der Waals surface area contributed by atoms with Gasteiger partial charge in [-0.3, -0.25) is 0 Å². The van der Waals surface area contributed by atoms with Crippen LogP contribution in [0.3, 0.4) is 0 Å². The Kier molecular flexibility index (Phi) is 6.46. The van der Waals surface area contributed by atoms with Gasteiger partial charge in [0.15, 0.2) is 0 Å². The molecule has 1 aliphatic rings. The van der Waals surface area contributed by atoms with Crippen LogP contribution in [0.15, 0.2) is 54.6 Å². The predicted molar refractivity (Wildman–Crippen MR) is 114 cm³/mol. The minimum atomic E-state index is -0.873. The first-order chi connectivity index (χ1) is 13.9. The van der Waals surface area contributed by atoms with Crippen LogP contribution in [0.1, 0.15) is 31.9 Å². The lowest BCUT2D eigenvalue weighted by Crippen LogP contribution is -2.54. The molecule has 0 bridgehead atoms. The maximum atomic E-state index is 12.5. The highest BCUT2D eigenvalue weighted by Crippen LogP contribution is 2.26. The first-order valence-electron chi connectivity index (χ1n) is 9.86. The van der Waals surface area contributed by atoms with Gasteiger partial charge in [-0.15, -0.1) is 5.92 Å². The number of ether oxygens (including phenoxy) is 1. The topological polar surface area (TPSA) is 53.0 Å². The summed E-state index contributed by atoms with van der Waals surface area (Å²) in [6.07, 6.45) is -0.311. The number of hydrogen-bond acceptors (Lipinski definition) is 4. The summed E-state index contributed by atoms with van der Waals surface area (Å²) in [6, 6.07) is 17.4. The van der Waals surface area contributed by atoms with Crippen molar-refractivity contribution in [2.75, 3.05) is 24.5 Å². The van der Waals surface area contributed by atoms with Crippen molar-refractivity contribution in [1.82, 2.24) is 4.90 Å². The van der Waals surface area contributed by atoms with Gasteiger partial charge in [-0.2, -0.15) is 0 Å². The molecule has 0 radical (unpaired) electrons. The van der Waals surface area contributed by atoms with Gasteiger partial charge in [-0.05, 0) is 44.0 Å². The normalized spacial score (nSPS) is 16.8. The van der Waals surface area contributed by atoms with Crippen molar-refractivity contribution >= 4 is 11.8 Å². The summed E-state index contributed by atoms with van der Waals surface area (Å²) in [4.78, 5) is 16.5. The molecule has 1 unspecified atom stereocenters. The largest absolute Gasteiger partial charge is 0.445 e. The third-order valence-electron chi connectivity index (χ3n) is 5.06. The summed E-state index contributed by atoms with van der Waals surface area (Å²) < 4.78 is 5.48. The fourth-order valence-corrected chi connectivity index (χ4v) is 3.42. The first kappa shape index (κ1) is 20.8. The molecular weight excluding hydrogens is 364 g/mol. The van der Waals surface area contributed by atoms with Crippen LogP contribution in [0.5, 0.6) is 0 Å². The molecule has 152 valence electrons. The van der Waals surface area contributed by atoms with Crippen molar-refractivity contribution in [3.63, 3.8) is 0 Å². The third kappa shape index (κ3) is 5.30. The molecule has 0 aromatic heterocycles. The van der Waals surface area contributed by atoms with Crippen LogP contribution in [0.2, 0.25) is 0 Å². The van der Waals surface area contributed by atoms with Crippen molar-refractivity contribution in [3.8, 4) is 11.8 Å². The van der Waals surface area contributed by atoms with Gasteiger partial charge >= 0.3 is 6.09 Å². The molecule has 2 aromatic rings. The van der Waals surface area contributed by atoms with E-state index >= 15 is 0 Å². The average molecular weight is 392 g/mol. The average Bonchev–Trinajstić information content (AvgIpc) is 2.72. The lowest BCUT2D eigenvalue weighted by Gasteiger charge is -2.40. The quantitative estimate of drug-likeness (QED) is 0.805. The molecule has 1 atom stereocenters. The minimum Gasteiger partial charge on any atom is -0.445 e. The standard InChI is InChI=1S/C24H28N2O3/c1-4-8-22-17-25(23(27)29-18-19-9-6-5-7-10-19)15-16-26(22)21-13-11-20(12-14-21)24(2,3)28/h5-7,9-14,22,28H,15-18H2,1-3H3. The van der Waals surface area contributed by atoms with E-state index in [-0.39, 0.29) is 18.7 Å². The van der Waals surface area contributed by atoms with Gasteiger partial charge in [-0.25, -0.2) is 4.79 Å². The van der Waals surface area contributed by atoms with Gasteiger partial charge in [0.05, 0.1) is 12.1 Å². The minimum absolute atomic E-state index is 0.106.